The van der Waals surface area contributed by atoms with E-state index >= 15 is 0 Å². The topological polar surface area (TPSA) is 59.0 Å². The van der Waals surface area contributed by atoms with Gasteiger partial charge in [0.25, 0.3) is 0 Å². The van der Waals surface area contributed by atoms with E-state index in [1.165, 1.54) is 0 Å². The monoisotopic (exact) mass is 261 g/mol. The second kappa shape index (κ2) is 9.30. The lowest BCUT2D eigenvalue weighted by Crippen LogP contribution is -2.43. The summed E-state index contributed by atoms with van der Waals surface area (Å²) in [5.41, 5.74) is -0.698. The van der Waals surface area contributed by atoms with Crippen molar-refractivity contribution < 1.29 is 19.4 Å². The maximum absolute atomic E-state index is 11.4. The van der Waals surface area contributed by atoms with E-state index < -0.39 is 11.4 Å². The lowest BCUT2D eigenvalue weighted by Gasteiger charge is -2.32. The molecule has 0 aliphatic rings. The highest BCUT2D eigenvalue weighted by Gasteiger charge is 2.33. The normalized spacial score (nSPS) is 14.7. The van der Waals surface area contributed by atoms with Crippen molar-refractivity contribution in [1.82, 2.24) is 4.90 Å². The number of aliphatic carboxylic acids is 1. The summed E-state index contributed by atoms with van der Waals surface area (Å²) in [5, 5.41) is 9.37. The van der Waals surface area contributed by atoms with Gasteiger partial charge in [-0.1, -0.05) is 13.3 Å². The summed E-state index contributed by atoms with van der Waals surface area (Å²) in [7, 11) is 3.30. The number of carbonyl (C=O) groups is 1. The van der Waals surface area contributed by atoms with E-state index in [0.717, 1.165) is 19.5 Å². The summed E-state index contributed by atoms with van der Waals surface area (Å²) < 4.78 is 10.1. The zero-order valence-corrected chi connectivity index (χ0v) is 12.1. The van der Waals surface area contributed by atoms with Gasteiger partial charge in [0.1, 0.15) is 0 Å². The van der Waals surface area contributed by atoms with Gasteiger partial charge < -0.3 is 14.6 Å². The van der Waals surface area contributed by atoms with Gasteiger partial charge in [0.05, 0.1) is 18.6 Å². The summed E-state index contributed by atoms with van der Waals surface area (Å²) >= 11 is 0. The molecule has 1 unspecified atom stereocenters. The minimum absolute atomic E-state index is 0.531. The molecule has 0 amide bonds. The van der Waals surface area contributed by atoms with Crippen molar-refractivity contribution >= 4 is 5.97 Å². The van der Waals surface area contributed by atoms with Gasteiger partial charge >= 0.3 is 5.97 Å². The molecule has 0 aromatic carbocycles. The number of hydrogen-bond donors (Lipinski definition) is 1. The van der Waals surface area contributed by atoms with E-state index in [4.69, 9.17) is 9.47 Å². The Hall–Kier alpha value is -0.650. The number of rotatable bonds is 11. The minimum atomic E-state index is -0.732. The molecule has 0 saturated carbocycles. The number of ether oxygens (including phenoxy) is 2. The van der Waals surface area contributed by atoms with E-state index in [2.05, 4.69) is 4.90 Å². The molecule has 5 nitrogen and oxygen atoms in total. The van der Waals surface area contributed by atoms with Crippen molar-refractivity contribution in [3.63, 3.8) is 0 Å². The molecule has 0 heterocycles. The average molecular weight is 261 g/mol. The minimum Gasteiger partial charge on any atom is -0.481 e. The summed E-state index contributed by atoms with van der Waals surface area (Å²) in [5.74, 6) is -0.732. The largest absolute Gasteiger partial charge is 0.481 e. The number of nitrogens with zero attached hydrogens (tertiary/aromatic N) is 1. The smallest absolute Gasteiger partial charge is 0.310 e. The zero-order chi connectivity index (χ0) is 14.0. The van der Waals surface area contributed by atoms with Crippen molar-refractivity contribution in [1.29, 1.82) is 0 Å². The van der Waals surface area contributed by atoms with Gasteiger partial charge in [0.2, 0.25) is 0 Å². The molecule has 0 aliphatic carbocycles. The summed E-state index contributed by atoms with van der Waals surface area (Å²) in [6.07, 6.45) is 1.55. The van der Waals surface area contributed by atoms with Crippen LogP contribution in [0, 0.1) is 5.41 Å². The Balaban J connectivity index is 4.52. The molecule has 0 spiro atoms. The molecule has 0 rings (SSSR count). The first-order valence-electron chi connectivity index (χ1n) is 6.43. The molecule has 5 heteroatoms. The van der Waals surface area contributed by atoms with Crippen LogP contribution in [0.3, 0.4) is 0 Å². The van der Waals surface area contributed by atoms with Crippen LogP contribution in [0.25, 0.3) is 0 Å². The average Bonchev–Trinajstić information content (AvgIpc) is 2.32. The molecule has 0 bridgehead atoms. The lowest BCUT2D eigenvalue weighted by molar-refractivity contribution is -0.149. The van der Waals surface area contributed by atoms with Crippen molar-refractivity contribution in [3.05, 3.63) is 0 Å². The first-order chi connectivity index (χ1) is 8.50. The number of carboxylic acid groups (broad SMARTS) is 1. The van der Waals surface area contributed by atoms with Crippen molar-refractivity contribution in [2.45, 2.75) is 26.7 Å². The third-order valence-electron chi connectivity index (χ3n) is 3.11. The van der Waals surface area contributed by atoms with E-state index in [1.807, 2.05) is 13.8 Å². The Morgan fingerprint density at radius 3 is 2.06 bits per heavy atom. The quantitative estimate of drug-likeness (QED) is 0.610. The van der Waals surface area contributed by atoms with Gasteiger partial charge in [-0.15, -0.1) is 0 Å². The summed E-state index contributed by atoms with van der Waals surface area (Å²) in [6, 6.07) is 0. The third kappa shape index (κ3) is 6.33. The highest BCUT2D eigenvalue weighted by Crippen LogP contribution is 2.25. The Bertz CT molecular complexity index is 227. The van der Waals surface area contributed by atoms with Crippen LogP contribution < -0.4 is 0 Å². The molecule has 0 aliphatic heterocycles. The number of carboxylic acids is 1. The summed E-state index contributed by atoms with van der Waals surface area (Å²) in [4.78, 5) is 13.5. The first-order valence-corrected chi connectivity index (χ1v) is 6.43. The molecule has 0 saturated heterocycles. The molecule has 18 heavy (non-hydrogen) atoms. The van der Waals surface area contributed by atoms with E-state index in [1.54, 1.807) is 14.2 Å². The Labute approximate surface area is 110 Å². The van der Waals surface area contributed by atoms with Gasteiger partial charge in [-0.2, -0.15) is 0 Å². The molecule has 1 atom stereocenters. The fourth-order valence-corrected chi connectivity index (χ4v) is 2.01. The second-order valence-electron chi connectivity index (χ2n) is 4.88. The van der Waals surface area contributed by atoms with Crippen LogP contribution in [0.2, 0.25) is 0 Å². The fraction of sp³-hybridized carbons (Fsp3) is 0.923. The molecule has 1 N–H and O–H groups in total. The number of methoxy groups -OCH3 is 2. The SMILES string of the molecule is CCCC(C)(CN(CCOC)CCOC)C(=O)O. The molecule has 0 aromatic heterocycles. The number of hydrogen-bond acceptors (Lipinski definition) is 4. The first kappa shape index (κ1) is 17.4. The van der Waals surface area contributed by atoms with Gasteiger partial charge in [-0.3, -0.25) is 9.69 Å². The molecule has 0 aromatic rings. The van der Waals surface area contributed by atoms with Crippen molar-refractivity contribution in [2.24, 2.45) is 5.41 Å². The predicted molar refractivity (Wildman–Crippen MR) is 70.8 cm³/mol. The van der Waals surface area contributed by atoms with E-state index in [9.17, 15) is 9.90 Å². The third-order valence-corrected chi connectivity index (χ3v) is 3.11. The van der Waals surface area contributed by atoms with Gasteiger partial charge in [0, 0.05) is 33.9 Å². The zero-order valence-electron chi connectivity index (χ0n) is 12.1. The highest BCUT2D eigenvalue weighted by molar-refractivity contribution is 5.74. The molecular formula is C13H27NO4. The van der Waals surface area contributed by atoms with Crippen LogP contribution in [0.4, 0.5) is 0 Å². The van der Waals surface area contributed by atoms with Gasteiger partial charge in [0.15, 0.2) is 0 Å². The summed E-state index contributed by atoms with van der Waals surface area (Å²) in [6.45, 7) is 7.01. The van der Waals surface area contributed by atoms with Crippen LogP contribution in [-0.2, 0) is 14.3 Å². The Kier molecular flexibility index (Phi) is 8.97. The van der Waals surface area contributed by atoms with Crippen molar-refractivity contribution in [3.8, 4) is 0 Å². The maximum atomic E-state index is 11.4. The Morgan fingerprint density at radius 2 is 1.72 bits per heavy atom. The molecule has 0 fully saturated rings. The lowest BCUT2D eigenvalue weighted by atomic mass is 9.85. The molecule has 108 valence electrons. The van der Waals surface area contributed by atoms with Crippen LogP contribution in [0.1, 0.15) is 26.7 Å². The standard InChI is InChI=1S/C13H27NO4/c1-5-6-13(2,12(15)16)11-14(7-9-17-3)8-10-18-4/h5-11H2,1-4H3,(H,15,16). The second-order valence-corrected chi connectivity index (χ2v) is 4.88. The molecular weight excluding hydrogens is 234 g/mol. The predicted octanol–water partition coefficient (Wildman–Crippen LogP) is 1.47. The fourth-order valence-electron chi connectivity index (χ4n) is 2.01. The Morgan fingerprint density at radius 1 is 1.22 bits per heavy atom. The highest BCUT2D eigenvalue weighted by atomic mass is 16.5. The van der Waals surface area contributed by atoms with Gasteiger partial charge in [-0.25, -0.2) is 0 Å². The van der Waals surface area contributed by atoms with Crippen LogP contribution in [0.15, 0.2) is 0 Å². The van der Waals surface area contributed by atoms with Gasteiger partial charge in [-0.05, 0) is 13.3 Å². The van der Waals surface area contributed by atoms with E-state index in [0.29, 0.717) is 26.2 Å². The maximum Gasteiger partial charge on any atom is 0.310 e. The van der Waals surface area contributed by atoms with Crippen LogP contribution in [-0.4, -0.2) is 63.0 Å². The molecule has 0 radical (unpaired) electrons. The van der Waals surface area contributed by atoms with Crippen LogP contribution >= 0.6 is 0 Å². The van der Waals surface area contributed by atoms with Crippen LogP contribution in [0.5, 0.6) is 0 Å². The van der Waals surface area contributed by atoms with Crippen molar-refractivity contribution in [2.75, 3.05) is 47.1 Å². The van der Waals surface area contributed by atoms with E-state index in [-0.39, 0.29) is 0 Å².